The minimum Gasteiger partial charge on any atom is -0.468 e. The summed E-state index contributed by atoms with van der Waals surface area (Å²) >= 11 is 0. The van der Waals surface area contributed by atoms with Crippen LogP contribution in [0.2, 0.25) is 0 Å². The molecule has 0 spiro atoms. The van der Waals surface area contributed by atoms with E-state index in [0.717, 1.165) is 56.4 Å². The van der Waals surface area contributed by atoms with Gasteiger partial charge in [0.15, 0.2) is 0 Å². The third kappa shape index (κ3) is 14.8. The summed E-state index contributed by atoms with van der Waals surface area (Å²) in [5.74, 6) is -0.987. The summed E-state index contributed by atoms with van der Waals surface area (Å²) in [6, 6.07) is 7.89. The molecule has 2 aliphatic rings. The van der Waals surface area contributed by atoms with Gasteiger partial charge in [0.05, 0.1) is 38.8 Å². The number of hydrogen-bond donors (Lipinski definition) is 4. The van der Waals surface area contributed by atoms with E-state index in [-0.39, 0.29) is 42.8 Å². The Kier molecular flexibility index (Phi) is 20.2. The monoisotopic (exact) mass is 644 g/mol. The maximum absolute atomic E-state index is 12.2. The molecule has 12 heteroatoms. The van der Waals surface area contributed by atoms with Crippen molar-refractivity contribution >= 4 is 34.6 Å². The van der Waals surface area contributed by atoms with E-state index in [1.165, 1.54) is 30.9 Å². The highest BCUT2D eigenvalue weighted by Gasteiger charge is 2.30. The molecule has 3 heterocycles. The lowest BCUT2D eigenvalue weighted by molar-refractivity contribution is -0.139. The first kappa shape index (κ1) is 40.0. The Morgan fingerprint density at radius 3 is 2.24 bits per heavy atom. The molecule has 4 N–H and O–H groups in total. The minimum absolute atomic E-state index is 0.0919. The largest absolute Gasteiger partial charge is 0.468 e. The highest BCUT2D eigenvalue weighted by molar-refractivity contribution is 5.90. The van der Waals surface area contributed by atoms with Crippen LogP contribution in [-0.2, 0) is 23.9 Å². The molecule has 1 unspecified atom stereocenters. The molecule has 1 aromatic heterocycles. The van der Waals surface area contributed by atoms with E-state index in [4.69, 9.17) is 4.84 Å². The van der Waals surface area contributed by atoms with E-state index < -0.39 is 0 Å². The van der Waals surface area contributed by atoms with Crippen LogP contribution in [0.1, 0.15) is 71.3 Å². The van der Waals surface area contributed by atoms with Crippen LogP contribution in [0.25, 0.3) is 10.9 Å². The van der Waals surface area contributed by atoms with Crippen LogP contribution < -0.4 is 26.1 Å². The number of carbonyl (C=O) groups is 4. The summed E-state index contributed by atoms with van der Waals surface area (Å²) in [6.45, 7) is 14.6. The second-order valence-corrected chi connectivity index (χ2v) is 11.0. The summed E-state index contributed by atoms with van der Waals surface area (Å²) in [7, 11) is 3.07. The fraction of sp³-hybridized carbons (Fsp3) is 0.588. The Hall–Kier alpha value is -4.06. The highest BCUT2D eigenvalue weighted by atomic mass is 16.6. The standard InChI is InChI=1S/C13H20N4O3.C10H11NO.C7H15NO2.C4H10/c1-9-6-14-11(18)7-15-12(19)8-16-13(20)10-4-2-3-5-17(9)10;1-8-7-11(12-2)10-6-4-3-5-9(8)10;1-3-4-5-8-6-7(9)10-2;1-3-4-2/h10H,1-8H2,(H,14,18)(H,15,19)(H,16,20);3-7H,1-2H3;8H,3-6H2,1-2H3;3-4H2,1-2H3. The number of amides is 3. The van der Waals surface area contributed by atoms with E-state index >= 15 is 0 Å². The van der Waals surface area contributed by atoms with Crippen molar-refractivity contribution in [3.63, 3.8) is 0 Å². The topological polar surface area (TPSA) is 143 Å². The first-order chi connectivity index (χ1) is 22.1. The number of aryl methyl sites for hydroxylation is 1. The third-order valence-electron chi connectivity index (χ3n) is 7.35. The number of unbranched alkanes of at least 4 members (excludes halogenated alkanes) is 2. The lowest BCUT2D eigenvalue weighted by Gasteiger charge is -2.37. The summed E-state index contributed by atoms with van der Waals surface area (Å²) in [5, 5.41) is 12.0. The molecular formula is C34H56N6O6. The third-order valence-corrected chi connectivity index (χ3v) is 7.35. The smallest absolute Gasteiger partial charge is 0.319 e. The van der Waals surface area contributed by atoms with Gasteiger partial charge >= 0.3 is 5.97 Å². The van der Waals surface area contributed by atoms with Crippen LogP contribution in [0, 0.1) is 6.92 Å². The second-order valence-electron chi connectivity index (χ2n) is 11.0. The second kappa shape index (κ2) is 23.3. The van der Waals surface area contributed by atoms with Crippen molar-refractivity contribution in [3.05, 3.63) is 48.3 Å². The van der Waals surface area contributed by atoms with Crippen molar-refractivity contribution in [2.24, 2.45) is 0 Å². The first-order valence-electron chi connectivity index (χ1n) is 16.3. The summed E-state index contributed by atoms with van der Waals surface area (Å²) < 4.78 is 6.21. The van der Waals surface area contributed by atoms with E-state index in [0.29, 0.717) is 13.1 Å². The lowest BCUT2D eigenvalue weighted by Crippen LogP contribution is -2.53. The number of hydrogen-bond acceptors (Lipinski definition) is 8. The number of nitrogens with zero attached hydrogens (tertiary/aromatic N) is 2. The van der Waals surface area contributed by atoms with Gasteiger partial charge in [-0.1, -0.05) is 64.8 Å². The fourth-order valence-electron chi connectivity index (χ4n) is 4.50. The minimum atomic E-state index is -0.366. The Morgan fingerprint density at radius 2 is 1.61 bits per heavy atom. The van der Waals surface area contributed by atoms with Crippen LogP contribution in [-0.4, -0.2) is 92.9 Å². The zero-order valence-corrected chi connectivity index (χ0v) is 28.7. The van der Waals surface area contributed by atoms with E-state index in [1.807, 2.05) is 29.3 Å². The average molecular weight is 645 g/mol. The van der Waals surface area contributed by atoms with Crippen molar-refractivity contribution in [1.82, 2.24) is 30.9 Å². The van der Waals surface area contributed by atoms with Gasteiger partial charge in [0.1, 0.15) is 13.2 Å². The Morgan fingerprint density at radius 1 is 0.957 bits per heavy atom. The van der Waals surface area contributed by atoms with Crippen LogP contribution >= 0.6 is 0 Å². The van der Waals surface area contributed by atoms with Crippen molar-refractivity contribution in [2.75, 3.05) is 53.5 Å². The number of rotatable bonds is 7. The number of benzene rings is 1. The lowest BCUT2D eigenvalue weighted by atomic mass is 10.0. The van der Waals surface area contributed by atoms with Crippen molar-refractivity contribution in [1.29, 1.82) is 0 Å². The van der Waals surface area contributed by atoms with E-state index in [1.54, 1.807) is 11.8 Å². The summed E-state index contributed by atoms with van der Waals surface area (Å²) in [6.07, 6.45) is 9.59. The SMILES string of the molecule is C=C1CNC(=O)CNC(=O)CNC(=O)C2CCCCN12.CCCC.CCCCNCC(=O)OC.COn1cc(C)c2ccccc21. The molecule has 258 valence electrons. The zero-order chi connectivity index (χ0) is 34.3. The number of esters is 1. The first-order valence-corrected chi connectivity index (χ1v) is 16.3. The quantitative estimate of drug-likeness (QED) is 0.266. The van der Waals surface area contributed by atoms with Gasteiger partial charge in [0, 0.05) is 23.8 Å². The van der Waals surface area contributed by atoms with Crippen molar-refractivity contribution in [3.8, 4) is 0 Å². The molecule has 0 aliphatic carbocycles. The van der Waals surface area contributed by atoms with Gasteiger partial charge in [-0.15, -0.1) is 0 Å². The molecular weight excluding hydrogens is 588 g/mol. The molecule has 46 heavy (non-hydrogen) atoms. The fourth-order valence-corrected chi connectivity index (χ4v) is 4.50. The van der Waals surface area contributed by atoms with Gasteiger partial charge in [-0.05, 0) is 50.8 Å². The van der Waals surface area contributed by atoms with Gasteiger partial charge in [0.25, 0.3) is 0 Å². The predicted molar refractivity (Wildman–Crippen MR) is 182 cm³/mol. The van der Waals surface area contributed by atoms with Crippen molar-refractivity contribution < 1.29 is 28.8 Å². The molecule has 4 rings (SSSR count). The number of ether oxygens (including phenoxy) is 1. The molecule has 3 amide bonds. The van der Waals surface area contributed by atoms with Gasteiger partial charge in [0.2, 0.25) is 17.7 Å². The molecule has 0 radical (unpaired) electrons. The van der Waals surface area contributed by atoms with E-state index in [9.17, 15) is 19.2 Å². The normalized spacial score (nSPS) is 16.6. The number of piperidine rings is 1. The van der Waals surface area contributed by atoms with Gasteiger partial charge < -0.3 is 35.7 Å². The number of aromatic nitrogens is 1. The average Bonchev–Trinajstić information content (AvgIpc) is 3.42. The predicted octanol–water partition coefficient (Wildman–Crippen LogP) is 3.08. The number of para-hydroxylation sites is 1. The number of fused-ring (bicyclic) bond motifs is 2. The van der Waals surface area contributed by atoms with Gasteiger partial charge in [-0.2, -0.15) is 4.73 Å². The highest BCUT2D eigenvalue weighted by Crippen LogP contribution is 2.21. The molecule has 12 nitrogen and oxygen atoms in total. The van der Waals surface area contributed by atoms with Crippen LogP contribution in [0.4, 0.5) is 0 Å². The maximum Gasteiger partial charge on any atom is 0.319 e. The molecule has 2 saturated heterocycles. The molecule has 2 fully saturated rings. The Labute approximate surface area is 274 Å². The number of carbonyl (C=O) groups excluding carboxylic acids is 4. The molecule has 2 aromatic rings. The molecule has 0 bridgehead atoms. The number of methoxy groups -OCH3 is 1. The van der Waals surface area contributed by atoms with Crippen LogP contribution in [0.5, 0.6) is 0 Å². The Balaban J connectivity index is 0.000000348. The summed E-state index contributed by atoms with van der Waals surface area (Å²) in [4.78, 5) is 52.8. The Bertz CT molecular complexity index is 1190. The van der Waals surface area contributed by atoms with Crippen molar-refractivity contribution in [2.45, 2.75) is 78.7 Å². The zero-order valence-electron chi connectivity index (χ0n) is 28.7. The van der Waals surface area contributed by atoms with E-state index in [2.05, 4.69) is 66.3 Å². The molecule has 1 aromatic carbocycles. The van der Waals surface area contributed by atoms with Gasteiger partial charge in [-0.25, -0.2) is 0 Å². The molecule has 1 atom stereocenters. The molecule has 2 aliphatic heterocycles. The summed E-state index contributed by atoms with van der Waals surface area (Å²) in [5.41, 5.74) is 3.09. The number of nitrogens with one attached hydrogen (secondary N) is 4. The maximum atomic E-state index is 12.2. The molecule has 0 saturated carbocycles. The van der Waals surface area contributed by atoms with Crippen LogP contribution in [0.3, 0.4) is 0 Å². The van der Waals surface area contributed by atoms with Gasteiger partial charge in [-0.3, -0.25) is 19.2 Å². The van der Waals surface area contributed by atoms with Crippen LogP contribution in [0.15, 0.2) is 42.7 Å².